The van der Waals surface area contributed by atoms with Crippen LogP contribution in [0.4, 0.5) is 21.5 Å². The number of hydrogen-bond donors (Lipinski definition) is 0. The smallest absolute Gasteiger partial charge is 0.143 e. The summed E-state index contributed by atoms with van der Waals surface area (Å²) in [5, 5.41) is 6.91. The molecule has 0 aliphatic heterocycles. The van der Waals surface area contributed by atoms with Crippen LogP contribution in [-0.4, -0.2) is 4.57 Å². The molecule has 1 unspecified atom stereocenters. The molecule has 1 atom stereocenters. The van der Waals surface area contributed by atoms with Gasteiger partial charge in [-0.15, -0.1) is 11.3 Å². The van der Waals surface area contributed by atoms with Crippen LogP contribution in [0.1, 0.15) is 48.6 Å². The molecule has 0 fully saturated rings. The van der Waals surface area contributed by atoms with Crippen molar-refractivity contribution < 1.29 is 8.81 Å². The summed E-state index contributed by atoms with van der Waals surface area (Å²) in [6.45, 7) is 6.82. The Bertz CT molecular complexity index is 4360. The average molecular weight is 919 g/mol. The summed E-state index contributed by atoms with van der Waals surface area (Å²) in [6, 6.07) is 74.0. The van der Waals surface area contributed by atoms with Gasteiger partial charge in [0.05, 0.1) is 22.1 Å². The van der Waals surface area contributed by atoms with Crippen LogP contribution >= 0.6 is 11.3 Å². The summed E-state index contributed by atoms with van der Waals surface area (Å²) >= 11 is 1.84. The Hall–Kier alpha value is -8.25. The van der Waals surface area contributed by atoms with E-state index in [0.717, 1.165) is 94.7 Å². The third kappa shape index (κ3) is 5.17. The molecule has 0 bridgehead atoms. The molecule has 0 saturated heterocycles. The Morgan fingerprint density at radius 1 is 0.514 bits per heavy atom. The first-order chi connectivity index (χ1) is 34.3. The van der Waals surface area contributed by atoms with Gasteiger partial charge in [-0.05, 0) is 106 Å². The molecule has 2 aliphatic carbocycles. The fraction of sp³-hybridized carbons (Fsp3) is 0.0769. The largest absolute Gasteiger partial charge is 0.455 e. The standard InChI is InChI=1S/C65H43FN2OS/c1-64(2,3)38-28-30-40(31-29-38)67(41-32-33-43-42-18-8-12-25-53(42)68(54(43)36-41)39-16-5-4-6-17-39)55-37-51-61(63-59(55)47-21-10-14-27-57(47)70-63)60-50(35-34-45-44-19-9-13-26-56(44)69-62(45)60)65(51)48-22-11-7-20-46(48)58-49(65)23-15-24-52(58)66/h4-37H,1-3H3. The molecule has 3 nitrogen and oxygen atoms in total. The Labute approximate surface area is 407 Å². The lowest BCUT2D eigenvalue weighted by Crippen LogP contribution is -2.26. The Balaban J connectivity index is 1.12. The van der Waals surface area contributed by atoms with Gasteiger partial charge < -0.3 is 13.9 Å². The number of hydrogen-bond acceptors (Lipinski definition) is 3. The number of thiophene rings is 1. The fourth-order valence-electron chi connectivity index (χ4n) is 12.4. The van der Waals surface area contributed by atoms with Gasteiger partial charge in [-0.3, -0.25) is 0 Å². The lowest BCUT2D eigenvalue weighted by molar-refractivity contribution is 0.590. The molecule has 70 heavy (non-hydrogen) atoms. The summed E-state index contributed by atoms with van der Waals surface area (Å²) in [5.74, 6) is -0.215. The zero-order valence-electron chi connectivity index (χ0n) is 38.7. The van der Waals surface area contributed by atoms with Crippen molar-refractivity contribution in [2.24, 2.45) is 0 Å². The van der Waals surface area contributed by atoms with Gasteiger partial charge in [-0.2, -0.15) is 0 Å². The third-order valence-corrected chi connectivity index (χ3v) is 16.6. The summed E-state index contributed by atoms with van der Waals surface area (Å²) < 4.78 is 28.7. The van der Waals surface area contributed by atoms with E-state index in [0.29, 0.717) is 5.56 Å². The molecule has 1 spiro atoms. The van der Waals surface area contributed by atoms with E-state index in [1.165, 1.54) is 36.5 Å². The first kappa shape index (κ1) is 39.7. The molecule has 3 heterocycles. The maximum atomic E-state index is 16.8. The predicted octanol–water partition coefficient (Wildman–Crippen LogP) is 18.3. The normalized spacial score (nSPS) is 14.9. The first-order valence-electron chi connectivity index (χ1n) is 24.1. The van der Waals surface area contributed by atoms with Crippen LogP contribution in [-0.2, 0) is 10.8 Å². The second kappa shape index (κ2) is 14.2. The molecule has 5 heteroatoms. The lowest BCUT2D eigenvalue weighted by atomic mass is 9.70. The minimum Gasteiger partial charge on any atom is -0.455 e. The lowest BCUT2D eigenvalue weighted by Gasteiger charge is -2.33. The number of fused-ring (bicyclic) bond motifs is 21. The molecular formula is C65H43FN2OS. The molecule has 13 aromatic rings. The van der Waals surface area contributed by atoms with Crippen LogP contribution in [0.25, 0.3) is 91.9 Å². The average Bonchev–Trinajstić information content (AvgIpc) is 4.19. The van der Waals surface area contributed by atoms with E-state index >= 15 is 4.39 Å². The molecule has 0 N–H and O–H groups in total. The van der Waals surface area contributed by atoms with Crippen LogP contribution in [0.2, 0.25) is 0 Å². The van der Waals surface area contributed by atoms with Gasteiger partial charge >= 0.3 is 0 Å². The molecule has 332 valence electrons. The van der Waals surface area contributed by atoms with Gasteiger partial charge in [0.25, 0.3) is 0 Å². The van der Waals surface area contributed by atoms with E-state index in [1.54, 1.807) is 6.07 Å². The highest BCUT2D eigenvalue weighted by atomic mass is 32.1. The van der Waals surface area contributed by atoms with Gasteiger partial charge in [0, 0.05) is 75.5 Å². The van der Waals surface area contributed by atoms with Crippen molar-refractivity contribution in [1.82, 2.24) is 4.57 Å². The molecule has 15 rings (SSSR count). The van der Waals surface area contributed by atoms with Gasteiger partial charge in [0.1, 0.15) is 17.0 Å². The number of nitrogens with zero attached hydrogens (tertiary/aromatic N) is 2. The van der Waals surface area contributed by atoms with Crippen LogP contribution in [0.3, 0.4) is 0 Å². The summed E-state index contributed by atoms with van der Waals surface area (Å²) in [6.07, 6.45) is 0. The Morgan fingerprint density at radius 2 is 1.19 bits per heavy atom. The van der Waals surface area contributed by atoms with Crippen molar-refractivity contribution in [3.8, 4) is 27.9 Å². The highest BCUT2D eigenvalue weighted by Gasteiger charge is 2.54. The molecule has 0 saturated carbocycles. The summed E-state index contributed by atoms with van der Waals surface area (Å²) in [5.41, 5.74) is 16.7. The van der Waals surface area contributed by atoms with Crippen LogP contribution in [0.5, 0.6) is 0 Å². The maximum Gasteiger partial charge on any atom is 0.143 e. The van der Waals surface area contributed by atoms with Gasteiger partial charge in [-0.1, -0.05) is 160 Å². The van der Waals surface area contributed by atoms with E-state index in [-0.39, 0.29) is 11.2 Å². The Morgan fingerprint density at radius 3 is 2.03 bits per heavy atom. The minimum absolute atomic E-state index is 0.0397. The van der Waals surface area contributed by atoms with E-state index < -0.39 is 5.41 Å². The highest BCUT2D eigenvalue weighted by molar-refractivity contribution is 7.26. The number of para-hydroxylation sites is 3. The number of halogens is 1. The van der Waals surface area contributed by atoms with Crippen LogP contribution in [0, 0.1) is 5.82 Å². The molecule has 2 aliphatic rings. The van der Waals surface area contributed by atoms with Crippen LogP contribution < -0.4 is 4.90 Å². The Kier molecular flexibility index (Phi) is 8.04. The second-order valence-corrected chi connectivity index (χ2v) is 21.1. The van der Waals surface area contributed by atoms with E-state index in [2.05, 4.69) is 212 Å². The molecule has 0 amide bonds. The number of aromatic nitrogens is 1. The highest BCUT2D eigenvalue weighted by Crippen LogP contribution is 2.67. The number of anilines is 3. The second-order valence-electron chi connectivity index (χ2n) is 20.1. The molecular weight excluding hydrogens is 876 g/mol. The van der Waals surface area contributed by atoms with Crippen molar-refractivity contribution in [2.45, 2.75) is 31.6 Å². The molecule has 3 aromatic heterocycles. The van der Waals surface area contributed by atoms with Gasteiger partial charge in [-0.25, -0.2) is 4.39 Å². The SMILES string of the molecule is CC(C)(C)c1ccc(N(c2ccc3c4ccccc4n(-c4ccccc4)c3c2)c2cc3c(c4sc5ccccc5c24)-c2c(ccc4c2oc2ccccc24)C32c3ccccc3-c3c(F)cccc32)cc1. The minimum atomic E-state index is -0.865. The van der Waals surface area contributed by atoms with Gasteiger partial charge in [0.2, 0.25) is 0 Å². The van der Waals surface area contributed by atoms with Crippen molar-refractivity contribution in [3.05, 3.63) is 240 Å². The summed E-state index contributed by atoms with van der Waals surface area (Å²) in [4.78, 5) is 2.49. The van der Waals surface area contributed by atoms with Crippen molar-refractivity contribution in [3.63, 3.8) is 0 Å². The van der Waals surface area contributed by atoms with Crippen molar-refractivity contribution >= 4 is 92.3 Å². The van der Waals surface area contributed by atoms with E-state index in [9.17, 15) is 0 Å². The monoisotopic (exact) mass is 918 g/mol. The number of benzene rings is 10. The molecule has 0 radical (unpaired) electrons. The first-order valence-corrected chi connectivity index (χ1v) is 24.9. The third-order valence-electron chi connectivity index (χ3n) is 15.4. The summed E-state index contributed by atoms with van der Waals surface area (Å²) in [7, 11) is 0. The van der Waals surface area contributed by atoms with Crippen molar-refractivity contribution in [1.29, 1.82) is 0 Å². The maximum absolute atomic E-state index is 16.8. The predicted molar refractivity (Wildman–Crippen MR) is 291 cm³/mol. The van der Waals surface area contributed by atoms with Crippen molar-refractivity contribution in [2.75, 3.05) is 4.90 Å². The van der Waals surface area contributed by atoms with Gasteiger partial charge in [0.15, 0.2) is 0 Å². The fourth-order valence-corrected chi connectivity index (χ4v) is 13.7. The van der Waals surface area contributed by atoms with E-state index in [1.807, 2.05) is 29.5 Å². The quantitative estimate of drug-likeness (QED) is 0.175. The molecule has 10 aromatic carbocycles. The van der Waals surface area contributed by atoms with Crippen LogP contribution in [0.15, 0.2) is 211 Å². The topological polar surface area (TPSA) is 21.3 Å². The zero-order chi connectivity index (χ0) is 46.6. The number of furan rings is 1. The van der Waals surface area contributed by atoms with E-state index in [4.69, 9.17) is 4.42 Å². The number of rotatable bonds is 4. The zero-order valence-corrected chi connectivity index (χ0v) is 39.5.